The van der Waals surface area contributed by atoms with Gasteiger partial charge in [-0.3, -0.25) is 19.7 Å². The lowest BCUT2D eigenvalue weighted by Gasteiger charge is -2.08. The predicted octanol–water partition coefficient (Wildman–Crippen LogP) is 2.64. The van der Waals surface area contributed by atoms with Crippen molar-refractivity contribution in [2.45, 2.75) is 36.3 Å². The number of aromatic nitrogens is 2. The van der Waals surface area contributed by atoms with Crippen molar-refractivity contribution in [2.24, 2.45) is 14.1 Å². The standard InChI is InChI=1S/C18H22N3O5S.CHF3O3S/c1-19-11-12-20(2)18(19)27-13-15(22)5-3-4-6-17(23)26-16-9-7-14(8-10-16)21(24)25;2-1(3,4)8(5,6)7/h7-12H,3-6,13H2,1-2H3;(H,5,6,7)/q+1;/p-1. The van der Waals surface area contributed by atoms with E-state index in [0.29, 0.717) is 25.0 Å². The number of nitro groups is 1. The van der Waals surface area contributed by atoms with E-state index in [1.54, 1.807) is 0 Å². The Bertz CT molecular complexity index is 1110. The maximum Gasteiger partial charge on any atom is 0.485 e. The molecule has 0 saturated heterocycles. The van der Waals surface area contributed by atoms with E-state index in [1.165, 1.54) is 36.0 Å². The van der Waals surface area contributed by atoms with E-state index in [1.807, 2.05) is 35.6 Å². The minimum absolute atomic E-state index is 0.0601. The van der Waals surface area contributed by atoms with Gasteiger partial charge in [0, 0.05) is 25.0 Å². The summed E-state index contributed by atoms with van der Waals surface area (Å²) in [6.45, 7) is 0. The second-order valence-electron chi connectivity index (χ2n) is 6.96. The molecule has 0 aliphatic heterocycles. The van der Waals surface area contributed by atoms with Gasteiger partial charge in [-0.05, 0) is 36.7 Å². The van der Waals surface area contributed by atoms with Gasteiger partial charge in [0.05, 0.1) is 24.8 Å². The number of carbonyl (C=O) groups excluding carboxylic acids is 2. The molecule has 0 aliphatic rings. The van der Waals surface area contributed by atoms with E-state index in [-0.39, 0.29) is 23.6 Å². The number of alkyl halides is 3. The van der Waals surface area contributed by atoms with E-state index in [2.05, 4.69) is 0 Å². The lowest BCUT2D eigenvalue weighted by atomic mass is 10.1. The number of nitrogens with zero attached hydrogens (tertiary/aromatic N) is 3. The molecule has 0 N–H and O–H groups in total. The Balaban J connectivity index is 0.000000658. The van der Waals surface area contributed by atoms with Gasteiger partial charge in [0.1, 0.15) is 23.9 Å². The zero-order valence-corrected chi connectivity index (χ0v) is 20.2. The number of aryl methyl sites for hydroxylation is 2. The first-order valence-electron chi connectivity index (χ1n) is 9.74. The summed E-state index contributed by atoms with van der Waals surface area (Å²) in [7, 11) is -2.22. The highest BCUT2D eigenvalue weighted by atomic mass is 32.2. The van der Waals surface area contributed by atoms with Crippen LogP contribution >= 0.6 is 11.8 Å². The van der Waals surface area contributed by atoms with Crippen LogP contribution < -0.4 is 9.30 Å². The van der Waals surface area contributed by atoms with Gasteiger partial charge in [-0.25, -0.2) is 17.6 Å². The Kier molecular flexibility index (Phi) is 11.3. The van der Waals surface area contributed by atoms with Crippen molar-refractivity contribution >= 4 is 39.3 Å². The fourth-order valence-electron chi connectivity index (χ4n) is 2.41. The number of imidazole rings is 1. The average molecular weight is 542 g/mol. The van der Waals surface area contributed by atoms with Crippen molar-refractivity contribution in [1.29, 1.82) is 0 Å². The maximum absolute atomic E-state index is 12.0. The number of thioether (sulfide) groups is 1. The minimum atomic E-state index is -6.09. The number of benzene rings is 1. The van der Waals surface area contributed by atoms with Gasteiger partial charge in [-0.1, -0.05) is 0 Å². The number of carbonyl (C=O) groups is 2. The van der Waals surface area contributed by atoms with Gasteiger partial charge in [0.15, 0.2) is 10.1 Å². The number of rotatable bonds is 10. The summed E-state index contributed by atoms with van der Waals surface area (Å²) in [6, 6.07) is 5.35. The molecule has 2 rings (SSSR count). The van der Waals surface area contributed by atoms with Crippen LogP contribution in [-0.2, 0) is 33.8 Å². The molecule has 0 aliphatic carbocycles. The largest absolute Gasteiger partial charge is 0.741 e. The zero-order chi connectivity index (χ0) is 26.8. The molecule has 0 amide bonds. The van der Waals surface area contributed by atoms with Crippen molar-refractivity contribution < 1.29 is 50.0 Å². The summed E-state index contributed by atoms with van der Waals surface area (Å²) in [6.07, 6.45) is 5.66. The van der Waals surface area contributed by atoms with Crippen LogP contribution in [0.25, 0.3) is 0 Å². The Labute approximate surface area is 202 Å². The third-order valence-electron chi connectivity index (χ3n) is 4.13. The van der Waals surface area contributed by atoms with Gasteiger partial charge in [-0.2, -0.15) is 13.2 Å². The zero-order valence-electron chi connectivity index (χ0n) is 18.6. The molecule has 1 aromatic heterocycles. The van der Waals surface area contributed by atoms with Crippen LogP contribution in [0.3, 0.4) is 0 Å². The summed E-state index contributed by atoms with van der Waals surface area (Å²) in [4.78, 5) is 33.8. The molecular formula is C19H22F3N3O8S2. The van der Waals surface area contributed by atoms with Gasteiger partial charge in [-0.15, -0.1) is 0 Å². The third-order valence-corrected chi connectivity index (χ3v) is 6.00. The van der Waals surface area contributed by atoms with Gasteiger partial charge in [0.2, 0.25) is 0 Å². The fraction of sp³-hybridized carbons (Fsp3) is 0.421. The molecule has 16 heteroatoms. The summed E-state index contributed by atoms with van der Waals surface area (Å²) < 4.78 is 68.0. The van der Waals surface area contributed by atoms with E-state index in [4.69, 9.17) is 17.7 Å². The number of ketones is 1. The number of Topliss-reactive ketones (excluding diaryl/α,β-unsaturated/α-hetero) is 1. The van der Waals surface area contributed by atoms with Crippen LogP contribution in [0.15, 0.2) is 41.8 Å². The molecule has 11 nitrogen and oxygen atoms in total. The molecule has 0 atom stereocenters. The third kappa shape index (κ3) is 10.9. The highest BCUT2D eigenvalue weighted by molar-refractivity contribution is 7.99. The molecule has 0 unspecified atom stereocenters. The van der Waals surface area contributed by atoms with Crippen LogP contribution in [0, 0.1) is 10.1 Å². The maximum atomic E-state index is 12.0. The number of halogens is 3. The molecule has 35 heavy (non-hydrogen) atoms. The van der Waals surface area contributed by atoms with Crippen LogP contribution in [0.5, 0.6) is 5.75 Å². The Morgan fingerprint density at radius 1 is 1.17 bits per heavy atom. The predicted molar refractivity (Wildman–Crippen MR) is 115 cm³/mol. The molecule has 0 saturated carbocycles. The van der Waals surface area contributed by atoms with Crippen LogP contribution in [0.4, 0.5) is 18.9 Å². The van der Waals surface area contributed by atoms with Crippen molar-refractivity contribution in [1.82, 2.24) is 4.57 Å². The number of ether oxygens (including phenoxy) is 1. The topological polar surface area (TPSA) is 153 Å². The van der Waals surface area contributed by atoms with Crippen LogP contribution in [0.1, 0.15) is 25.7 Å². The highest BCUT2D eigenvalue weighted by Gasteiger charge is 2.36. The summed E-state index contributed by atoms with van der Waals surface area (Å²) in [5.74, 6) is 0.402. The summed E-state index contributed by atoms with van der Waals surface area (Å²) >= 11 is 1.49. The van der Waals surface area contributed by atoms with Crippen molar-refractivity contribution in [3.8, 4) is 5.75 Å². The Hall–Kier alpha value is -2.98. The molecule has 0 fully saturated rings. The van der Waals surface area contributed by atoms with Crippen LogP contribution in [0.2, 0.25) is 0 Å². The van der Waals surface area contributed by atoms with Gasteiger partial charge < -0.3 is 9.29 Å². The number of unbranched alkanes of at least 4 members (excludes halogenated alkanes) is 1. The highest BCUT2D eigenvalue weighted by Crippen LogP contribution is 2.20. The van der Waals surface area contributed by atoms with Crippen molar-refractivity contribution in [2.75, 3.05) is 5.75 Å². The summed E-state index contributed by atoms with van der Waals surface area (Å²) in [5.41, 5.74) is -5.71. The van der Waals surface area contributed by atoms with E-state index in [9.17, 15) is 32.9 Å². The van der Waals surface area contributed by atoms with Gasteiger partial charge >= 0.3 is 16.6 Å². The number of nitro benzene ring substituents is 1. The summed E-state index contributed by atoms with van der Waals surface area (Å²) in [5, 5.41) is 11.6. The van der Waals surface area contributed by atoms with Crippen LogP contribution in [-0.4, -0.2) is 45.5 Å². The van der Waals surface area contributed by atoms with Crippen molar-refractivity contribution in [3.05, 3.63) is 46.8 Å². The second-order valence-corrected chi connectivity index (χ2v) is 9.28. The van der Waals surface area contributed by atoms with E-state index in [0.717, 1.165) is 5.16 Å². The lowest BCUT2D eigenvalue weighted by Crippen LogP contribution is -2.28. The number of hydrogen-bond donors (Lipinski definition) is 0. The van der Waals surface area contributed by atoms with Crippen molar-refractivity contribution in [3.63, 3.8) is 0 Å². The first-order chi connectivity index (χ1) is 16.1. The monoisotopic (exact) mass is 541 g/mol. The molecule has 0 spiro atoms. The number of hydrogen-bond acceptors (Lipinski definition) is 9. The molecular weight excluding hydrogens is 519 g/mol. The number of non-ortho nitro benzene ring substituents is 1. The molecule has 2 aromatic rings. The van der Waals surface area contributed by atoms with Gasteiger partial charge in [0.25, 0.3) is 5.69 Å². The second kappa shape index (κ2) is 13.2. The Morgan fingerprint density at radius 3 is 2.17 bits per heavy atom. The smallest absolute Gasteiger partial charge is 0.485 e. The first kappa shape index (κ1) is 30.1. The lowest BCUT2D eigenvalue weighted by molar-refractivity contribution is -0.709. The molecule has 0 radical (unpaired) electrons. The molecule has 1 aromatic carbocycles. The molecule has 194 valence electrons. The first-order valence-corrected chi connectivity index (χ1v) is 12.1. The van der Waals surface area contributed by atoms with E-state index >= 15 is 0 Å². The number of esters is 1. The van der Waals surface area contributed by atoms with E-state index < -0.39 is 26.5 Å². The molecule has 1 heterocycles. The Morgan fingerprint density at radius 2 is 1.71 bits per heavy atom. The fourth-order valence-corrected chi connectivity index (χ4v) is 3.37. The minimum Gasteiger partial charge on any atom is -0.741 e. The normalized spacial score (nSPS) is 11.4. The average Bonchev–Trinajstić information content (AvgIpc) is 3.06. The SMILES string of the molecule is Cn1cc[n+](C)c1SCC(=O)CCCCC(=O)Oc1ccc([N+](=O)[O-])cc1.O=S(=O)([O-])C(F)(F)F. The quantitative estimate of drug-likeness (QED) is 0.0508. The molecule has 0 bridgehead atoms.